The van der Waals surface area contributed by atoms with Gasteiger partial charge in [-0.15, -0.1) is 0 Å². The number of hydrogen-bond acceptors (Lipinski definition) is 4. The molecule has 0 bridgehead atoms. The van der Waals surface area contributed by atoms with Crippen LogP contribution in [0.15, 0.2) is 24.0 Å². The Kier molecular flexibility index (Phi) is 6.97. The smallest absolute Gasteiger partial charge is 0.330 e. The van der Waals surface area contributed by atoms with Crippen LogP contribution in [0, 0.1) is 0 Å². The molecule has 0 rings (SSSR count). The Hall–Kier alpha value is -1.58. The van der Waals surface area contributed by atoms with Crippen LogP contribution >= 0.6 is 0 Å². The third-order valence-electron chi connectivity index (χ3n) is 1.48. The lowest BCUT2D eigenvalue weighted by atomic mass is 10.3. The Bertz CT molecular complexity index is 276. The maximum Gasteiger partial charge on any atom is 0.330 e. The minimum atomic E-state index is -0.482. The van der Waals surface area contributed by atoms with E-state index >= 15 is 0 Å². The van der Waals surface area contributed by atoms with E-state index in [4.69, 9.17) is 4.74 Å². The second-order valence-electron chi connectivity index (χ2n) is 2.85. The van der Waals surface area contributed by atoms with Crippen LogP contribution in [0.25, 0.3) is 0 Å². The van der Waals surface area contributed by atoms with Crippen molar-refractivity contribution in [3.63, 3.8) is 0 Å². The number of hydrogen-bond donors (Lipinski definition) is 0. The topological polar surface area (TPSA) is 52.6 Å². The van der Waals surface area contributed by atoms with Gasteiger partial charge in [-0.05, 0) is 18.6 Å². The van der Waals surface area contributed by atoms with Crippen molar-refractivity contribution in [3.05, 3.63) is 24.0 Å². The van der Waals surface area contributed by atoms with Gasteiger partial charge in [0.1, 0.15) is 5.76 Å². The first-order valence-electron chi connectivity index (χ1n) is 4.74. The summed E-state index contributed by atoms with van der Waals surface area (Å²) in [5.74, 6) is -0.522. The van der Waals surface area contributed by atoms with Crippen LogP contribution in [0.3, 0.4) is 0 Å². The van der Waals surface area contributed by atoms with Crippen molar-refractivity contribution in [1.82, 2.24) is 0 Å². The highest BCUT2D eigenvalue weighted by Gasteiger charge is 1.99. The molecule has 0 fully saturated rings. The van der Waals surface area contributed by atoms with Crippen molar-refractivity contribution in [3.8, 4) is 0 Å². The molecule has 0 atom stereocenters. The van der Waals surface area contributed by atoms with E-state index in [2.05, 4.69) is 4.74 Å². The van der Waals surface area contributed by atoms with Gasteiger partial charge in [0.05, 0.1) is 7.11 Å². The molecule has 0 radical (unpaired) electrons. The molecule has 0 aliphatic carbocycles. The second kappa shape index (κ2) is 7.79. The SMILES string of the molecule is CCC/C=C(/C=C/C(=O)OC)OC(C)=O. The highest BCUT2D eigenvalue weighted by Crippen LogP contribution is 2.04. The molecule has 0 unspecified atom stereocenters. The Labute approximate surface area is 89.6 Å². The average Bonchev–Trinajstić information content (AvgIpc) is 2.20. The van der Waals surface area contributed by atoms with E-state index in [1.807, 2.05) is 6.92 Å². The van der Waals surface area contributed by atoms with E-state index < -0.39 is 11.9 Å². The molecule has 0 spiro atoms. The van der Waals surface area contributed by atoms with Gasteiger partial charge >= 0.3 is 11.9 Å². The largest absolute Gasteiger partial charge is 0.466 e. The van der Waals surface area contributed by atoms with Gasteiger partial charge in [-0.2, -0.15) is 0 Å². The standard InChI is InChI=1S/C11H16O4/c1-4-5-6-10(15-9(2)12)7-8-11(13)14-3/h6-8H,4-5H2,1-3H3/b8-7+,10-6-. The molecule has 15 heavy (non-hydrogen) atoms. The molecule has 0 aromatic rings. The lowest BCUT2D eigenvalue weighted by Crippen LogP contribution is -1.99. The highest BCUT2D eigenvalue weighted by molar-refractivity contribution is 5.82. The van der Waals surface area contributed by atoms with E-state index in [1.54, 1.807) is 6.08 Å². The number of esters is 2. The van der Waals surface area contributed by atoms with E-state index in [1.165, 1.54) is 26.2 Å². The van der Waals surface area contributed by atoms with Crippen molar-refractivity contribution >= 4 is 11.9 Å². The molecule has 0 saturated heterocycles. The summed E-state index contributed by atoms with van der Waals surface area (Å²) < 4.78 is 9.29. The zero-order valence-electron chi connectivity index (χ0n) is 9.28. The van der Waals surface area contributed by atoms with Crippen molar-refractivity contribution in [2.45, 2.75) is 26.7 Å². The Morgan fingerprint density at radius 1 is 1.27 bits per heavy atom. The minimum absolute atomic E-state index is 0.370. The predicted molar refractivity (Wildman–Crippen MR) is 55.9 cm³/mol. The Morgan fingerprint density at radius 3 is 2.40 bits per heavy atom. The first-order valence-corrected chi connectivity index (χ1v) is 4.74. The maximum atomic E-state index is 10.8. The van der Waals surface area contributed by atoms with Gasteiger partial charge in [0.25, 0.3) is 0 Å². The van der Waals surface area contributed by atoms with Crippen LogP contribution in [0.5, 0.6) is 0 Å². The van der Waals surface area contributed by atoms with E-state index in [-0.39, 0.29) is 0 Å². The Balaban J connectivity index is 4.43. The van der Waals surface area contributed by atoms with Crippen LogP contribution in [-0.2, 0) is 19.1 Å². The average molecular weight is 212 g/mol. The highest BCUT2D eigenvalue weighted by atomic mass is 16.5. The van der Waals surface area contributed by atoms with Gasteiger partial charge < -0.3 is 9.47 Å². The van der Waals surface area contributed by atoms with Crippen LogP contribution in [0.1, 0.15) is 26.7 Å². The van der Waals surface area contributed by atoms with Crippen molar-refractivity contribution in [2.75, 3.05) is 7.11 Å². The summed E-state index contributed by atoms with van der Waals surface area (Å²) in [7, 11) is 1.29. The molecule has 0 amide bonds. The molecule has 0 aliphatic heterocycles. The first kappa shape index (κ1) is 13.4. The zero-order valence-corrected chi connectivity index (χ0v) is 9.28. The summed E-state index contributed by atoms with van der Waals surface area (Å²) in [5.41, 5.74) is 0. The third kappa shape index (κ3) is 7.49. The van der Waals surface area contributed by atoms with Crippen LogP contribution < -0.4 is 0 Å². The molecular weight excluding hydrogens is 196 g/mol. The monoisotopic (exact) mass is 212 g/mol. The van der Waals surface area contributed by atoms with Crippen LogP contribution in [0.2, 0.25) is 0 Å². The molecule has 0 heterocycles. The summed E-state index contributed by atoms with van der Waals surface area (Å²) in [4.78, 5) is 21.5. The maximum absolute atomic E-state index is 10.8. The lowest BCUT2D eigenvalue weighted by Gasteiger charge is -2.01. The normalized spacial score (nSPS) is 11.5. The summed E-state index contributed by atoms with van der Waals surface area (Å²) in [6.07, 6.45) is 6.11. The van der Waals surface area contributed by atoms with Gasteiger partial charge in [-0.1, -0.05) is 13.3 Å². The predicted octanol–water partition coefficient (Wildman–Crippen LogP) is 1.96. The Morgan fingerprint density at radius 2 is 1.93 bits per heavy atom. The fraction of sp³-hybridized carbons (Fsp3) is 0.455. The summed E-state index contributed by atoms with van der Waals surface area (Å²) in [5, 5.41) is 0. The molecule has 0 aliphatic rings. The summed E-state index contributed by atoms with van der Waals surface area (Å²) in [6.45, 7) is 3.32. The molecule has 4 nitrogen and oxygen atoms in total. The number of allylic oxidation sites excluding steroid dienone is 2. The number of rotatable bonds is 5. The fourth-order valence-corrected chi connectivity index (χ4v) is 0.815. The quantitative estimate of drug-likeness (QED) is 0.302. The van der Waals surface area contributed by atoms with Crippen molar-refractivity contribution in [1.29, 1.82) is 0 Å². The summed E-state index contributed by atoms with van der Waals surface area (Å²) >= 11 is 0. The fourth-order valence-electron chi connectivity index (χ4n) is 0.815. The molecule has 0 N–H and O–H groups in total. The zero-order chi connectivity index (χ0) is 11.7. The number of unbranched alkanes of at least 4 members (excludes halogenated alkanes) is 1. The summed E-state index contributed by atoms with van der Waals surface area (Å²) in [6, 6.07) is 0. The number of carbonyl (C=O) groups excluding carboxylic acids is 2. The molecular formula is C11H16O4. The van der Waals surface area contributed by atoms with Gasteiger partial charge in [-0.25, -0.2) is 4.79 Å². The van der Waals surface area contributed by atoms with Crippen LogP contribution in [0.4, 0.5) is 0 Å². The van der Waals surface area contributed by atoms with Gasteiger partial charge in [0.15, 0.2) is 0 Å². The van der Waals surface area contributed by atoms with E-state index in [0.717, 1.165) is 12.8 Å². The molecule has 84 valence electrons. The number of carbonyl (C=O) groups is 2. The second-order valence-corrected chi connectivity index (χ2v) is 2.85. The number of methoxy groups -OCH3 is 1. The molecule has 0 saturated carbocycles. The first-order chi connectivity index (χ1) is 7.10. The van der Waals surface area contributed by atoms with Crippen molar-refractivity contribution < 1.29 is 19.1 Å². The van der Waals surface area contributed by atoms with Gasteiger partial charge in [-0.3, -0.25) is 4.79 Å². The van der Waals surface area contributed by atoms with Crippen molar-refractivity contribution in [2.24, 2.45) is 0 Å². The van der Waals surface area contributed by atoms with E-state index in [0.29, 0.717) is 5.76 Å². The van der Waals surface area contributed by atoms with E-state index in [9.17, 15) is 9.59 Å². The van der Waals surface area contributed by atoms with Gasteiger partial charge in [0, 0.05) is 13.0 Å². The lowest BCUT2D eigenvalue weighted by molar-refractivity contribution is -0.137. The molecule has 0 aromatic heterocycles. The number of ether oxygens (including phenoxy) is 2. The van der Waals surface area contributed by atoms with Gasteiger partial charge in [0.2, 0.25) is 0 Å². The minimum Gasteiger partial charge on any atom is -0.466 e. The molecule has 0 aromatic carbocycles. The third-order valence-corrected chi connectivity index (χ3v) is 1.48. The molecule has 4 heteroatoms. The van der Waals surface area contributed by atoms with Crippen LogP contribution in [-0.4, -0.2) is 19.0 Å².